The molecule has 0 radical (unpaired) electrons. The summed E-state index contributed by atoms with van der Waals surface area (Å²) in [5, 5.41) is 6.22. The van der Waals surface area contributed by atoms with Crippen molar-refractivity contribution in [2.24, 2.45) is 0 Å². The van der Waals surface area contributed by atoms with E-state index in [0.717, 1.165) is 37.4 Å². The summed E-state index contributed by atoms with van der Waals surface area (Å²) in [4.78, 5) is 25.9. The molecule has 7 nitrogen and oxygen atoms in total. The zero-order valence-corrected chi connectivity index (χ0v) is 17.1. The van der Waals surface area contributed by atoms with E-state index in [0.29, 0.717) is 17.9 Å². The third kappa shape index (κ3) is 4.93. The molecule has 3 aromatic rings. The minimum Gasteiger partial charge on any atom is -0.369 e. The van der Waals surface area contributed by atoms with Crippen LogP contribution in [0.2, 0.25) is 0 Å². The second-order valence-electron chi connectivity index (χ2n) is 7.40. The number of carbonyl (C=O) groups is 1. The van der Waals surface area contributed by atoms with Crippen LogP contribution < -0.4 is 15.5 Å². The molecule has 30 heavy (non-hydrogen) atoms. The number of anilines is 3. The molecule has 0 bridgehead atoms. The average Bonchev–Trinajstić information content (AvgIpc) is 2.80. The van der Waals surface area contributed by atoms with Gasteiger partial charge in [-0.15, -0.1) is 0 Å². The van der Waals surface area contributed by atoms with Crippen LogP contribution in [0.5, 0.6) is 0 Å². The smallest absolute Gasteiger partial charge is 0.259 e. The van der Waals surface area contributed by atoms with Crippen LogP contribution in [0.25, 0.3) is 0 Å². The number of likely N-dealkylation sites (N-methyl/N-ethyl adjacent to an activating group) is 1. The van der Waals surface area contributed by atoms with Gasteiger partial charge in [0.25, 0.3) is 5.91 Å². The molecule has 0 unspecified atom stereocenters. The molecule has 0 aliphatic carbocycles. The average molecular weight is 403 g/mol. The van der Waals surface area contributed by atoms with Crippen LogP contribution >= 0.6 is 0 Å². The van der Waals surface area contributed by atoms with Gasteiger partial charge in [-0.3, -0.25) is 9.78 Å². The Morgan fingerprint density at radius 1 is 0.967 bits per heavy atom. The molecule has 0 saturated carbocycles. The molecule has 0 spiro atoms. The summed E-state index contributed by atoms with van der Waals surface area (Å²) in [7, 11) is 2.15. The number of amides is 1. The van der Waals surface area contributed by atoms with Crippen LogP contribution in [0.15, 0.2) is 67.1 Å². The Labute approximate surface area is 176 Å². The van der Waals surface area contributed by atoms with Crippen molar-refractivity contribution in [1.82, 2.24) is 14.9 Å². The fourth-order valence-electron chi connectivity index (χ4n) is 3.43. The fourth-order valence-corrected chi connectivity index (χ4v) is 3.43. The normalized spacial score (nSPS) is 14.4. The molecule has 2 N–H and O–H groups in total. The quantitative estimate of drug-likeness (QED) is 0.660. The van der Waals surface area contributed by atoms with Crippen molar-refractivity contribution >= 4 is 23.1 Å². The Hall–Kier alpha value is -3.45. The fraction of sp³-hybridized carbons (Fsp3) is 0.261. The summed E-state index contributed by atoms with van der Waals surface area (Å²) >= 11 is 0. The topological polar surface area (TPSA) is 73.4 Å². The van der Waals surface area contributed by atoms with Crippen LogP contribution in [-0.4, -0.2) is 54.0 Å². The molecule has 3 heterocycles. The van der Waals surface area contributed by atoms with Gasteiger partial charge in [0, 0.05) is 62.7 Å². The number of nitrogens with one attached hydrogen (secondary N) is 2. The van der Waals surface area contributed by atoms with Gasteiger partial charge in [0.1, 0.15) is 5.82 Å². The van der Waals surface area contributed by atoms with E-state index in [2.05, 4.69) is 49.6 Å². The molecule has 0 atom stereocenters. The maximum atomic E-state index is 12.9. The zero-order chi connectivity index (χ0) is 20.8. The Morgan fingerprint density at radius 2 is 1.70 bits per heavy atom. The number of carbonyl (C=O) groups excluding carboxylic acids is 1. The van der Waals surface area contributed by atoms with Crippen LogP contribution in [0.1, 0.15) is 15.9 Å². The van der Waals surface area contributed by atoms with Gasteiger partial charge in [-0.05, 0) is 61.1 Å². The van der Waals surface area contributed by atoms with Crippen LogP contribution in [0, 0.1) is 0 Å². The molecule has 2 aromatic heterocycles. The van der Waals surface area contributed by atoms with E-state index in [1.54, 1.807) is 30.7 Å². The van der Waals surface area contributed by atoms with Gasteiger partial charge in [-0.2, -0.15) is 0 Å². The number of rotatable bonds is 6. The Bertz CT molecular complexity index is 968. The van der Waals surface area contributed by atoms with Crippen molar-refractivity contribution < 1.29 is 4.79 Å². The lowest BCUT2D eigenvalue weighted by Gasteiger charge is -2.34. The van der Waals surface area contributed by atoms with Gasteiger partial charge in [0.15, 0.2) is 0 Å². The van der Waals surface area contributed by atoms with Crippen molar-refractivity contribution in [3.05, 3.63) is 78.2 Å². The third-order valence-corrected chi connectivity index (χ3v) is 5.26. The van der Waals surface area contributed by atoms with E-state index >= 15 is 0 Å². The van der Waals surface area contributed by atoms with Crippen LogP contribution in [-0.2, 0) is 6.54 Å². The summed E-state index contributed by atoms with van der Waals surface area (Å²) in [6.45, 7) is 4.73. The van der Waals surface area contributed by atoms with Crippen molar-refractivity contribution in [2.75, 3.05) is 48.8 Å². The van der Waals surface area contributed by atoms with E-state index < -0.39 is 0 Å². The van der Waals surface area contributed by atoms with Gasteiger partial charge in [-0.25, -0.2) is 4.98 Å². The lowest BCUT2D eigenvalue weighted by atomic mass is 10.2. The lowest BCUT2D eigenvalue weighted by molar-refractivity contribution is 0.102. The lowest BCUT2D eigenvalue weighted by Crippen LogP contribution is -2.44. The summed E-state index contributed by atoms with van der Waals surface area (Å²) in [6, 6.07) is 15.4. The van der Waals surface area contributed by atoms with Crippen LogP contribution in [0.4, 0.5) is 17.2 Å². The monoisotopic (exact) mass is 402 g/mol. The molecule has 4 rings (SSSR count). The summed E-state index contributed by atoms with van der Waals surface area (Å²) < 4.78 is 0. The maximum Gasteiger partial charge on any atom is 0.259 e. The Kier molecular flexibility index (Phi) is 6.20. The van der Waals surface area contributed by atoms with Gasteiger partial charge >= 0.3 is 0 Å². The number of piperazine rings is 1. The third-order valence-electron chi connectivity index (χ3n) is 5.26. The molecule has 7 heteroatoms. The Morgan fingerprint density at radius 3 is 2.43 bits per heavy atom. The first-order chi connectivity index (χ1) is 14.7. The molecule has 1 aromatic carbocycles. The second kappa shape index (κ2) is 9.37. The number of pyridine rings is 2. The largest absolute Gasteiger partial charge is 0.369 e. The summed E-state index contributed by atoms with van der Waals surface area (Å²) in [5.41, 5.74) is 3.53. The van der Waals surface area contributed by atoms with Gasteiger partial charge in [-0.1, -0.05) is 0 Å². The molecule has 1 fully saturated rings. The van der Waals surface area contributed by atoms with Crippen molar-refractivity contribution in [1.29, 1.82) is 0 Å². The molecule has 1 saturated heterocycles. The number of nitrogens with zero attached hydrogens (tertiary/aromatic N) is 4. The minimum atomic E-state index is -0.187. The predicted molar refractivity (Wildman–Crippen MR) is 120 cm³/mol. The van der Waals surface area contributed by atoms with Gasteiger partial charge in [0.2, 0.25) is 0 Å². The highest BCUT2D eigenvalue weighted by atomic mass is 16.1. The second-order valence-corrected chi connectivity index (χ2v) is 7.40. The van der Waals surface area contributed by atoms with E-state index in [1.807, 2.05) is 24.3 Å². The molecule has 1 amide bonds. The number of benzene rings is 1. The van der Waals surface area contributed by atoms with Crippen molar-refractivity contribution in [3.8, 4) is 0 Å². The highest BCUT2D eigenvalue weighted by Crippen LogP contribution is 2.21. The highest BCUT2D eigenvalue weighted by molar-refractivity contribution is 6.07. The highest BCUT2D eigenvalue weighted by Gasteiger charge is 2.15. The van der Waals surface area contributed by atoms with Crippen molar-refractivity contribution in [3.63, 3.8) is 0 Å². The number of hydrogen-bond donors (Lipinski definition) is 2. The summed E-state index contributed by atoms with van der Waals surface area (Å²) in [5.74, 6) is 0.369. The standard InChI is InChI=1S/C23H26N6O/c1-28-13-15-29(16-14-28)20-6-4-19(5-7-20)27-23(30)21-3-2-10-25-22(21)26-17-18-8-11-24-12-9-18/h2-12H,13-17H2,1H3,(H,25,26)(H,27,30). The Balaban J connectivity index is 1.40. The zero-order valence-electron chi connectivity index (χ0n) is 17.1. The van der Waals surface area contributed by atoms with Crippen molar-refractivity contribution in [2.45, 2.75) is 6.54 Å². The molecular formula is C23H26N6O. The molecule has 1 aliphatic rings. The van der Waals surface area contributed by atoms with E-state index in [9.17, 15) is 4.79 Å². The minimum absolute atomic E-state index is 0.187. The van der Waals surface area contributed by atoms with Gasteiger partial charge in [0.05, 0.1) is 5.56 Å². The van der Waals surface area contributed by atoms with Gasteiger partial charge < -0.3 is 20.4 Å². The van der Waals surface area contributed by atoms with E-state index in [-0.39, 0.29) is 5.91 Å². The molecule has 1 aliphatic heterocycles. The molecular weight excluding hydrogens is 376 g/mol. The van der Waals surface area contributed by atoms with E-state index in [1.165, 1.54) is 5.69 Å². The number of aromatic nitrogens is 2. The first-order valence-electron chi connectivity index (χ1n) is 10.1. The SMILES string of the molecule is CN1CCN(c2ccc(NC(=O)c3cccnc3NCc3ccncc3)cc2)CC1. The first-order valence-corrected chi connectivity index (χ1v) is 10.1. The molecule has 154 valence electrons. The number of hydrogen-bond acceptors (Lipinski definition) is 6. The predicted octanol–water partition coefficient (Wildman–Crippen LogP) is 3.09. The van der Waals surface area contributed by atoms with Crippen LogP contribution in [0.3, 0.4) is 0 Å². The maximum absolute atomic E-state index is 12.9. The summed E-state index contributed by atoms with van der Waals surface area (Å²) in [6.07, 6.45) is 5.17. The first kappa shape index (κ1) is 19.8. The van der Waals surface area contributed by atoms with E-state index in [4.69, 9.17) is 0 Å².